The van der Waals surface area contributed by atoms with Crippen molar-refractivity contribution in [3.63, 3.8) is 0 Å². The smallest absolute Gasteiger partial charge is 0.212 e. The molecule has 0 bridgehead atoms. The lowest BCUT2D eigenvalue weighted by molar-refractivity contribution is -0.105. The molecule has 1 aromatic carbocycles. The van der Waals surface area contributed by atoms with Crippen molar-refractivity contribution in [2.45, 2.75) is 12.4 Å². The molecular formula is C17H15N5OS. The van der Waals surface area contributed by atoms with E-state index < -0.39 is 0 Å². The lowest BCUT2D eigenvalue weighted by atomic mass is 10.1. The van der Waals surface area contributed by atoms with Crippen molar-refractivity contribution >= 4 is 34.6 Å². The second-order valence-electron chi connectivity index (χ2n) is 5.22. The van der Waals surface area contributed by atoms with Crippen LogP contribution in [-0.2, 0) is 4.79 Å². The first-order valence-corrected chi connectivity index (χ1v) is 8.11. The third kappa shape index (κ3) is 3.25. The fraction of sp³-hybridized carbons (Fsp3) is 0.118. The van der Waals surface area contributed by atoms with E-state index in [1.54, 1.807) is 12.1 Å². The summed E-state index contributed by atoms with van der Waals surface area (Å²) in [5.74, 6) is 0.485. The highest BCUT2D eigenvalue weighted by Crippen LogP contribution is 2.41. The number of nitriles is 1. The molecule has 0 spiro atoms. The number of carbonyl (C=O) groups is 1. The fourth-order valence-electron chi connectivity index (χ4n) is 2.53. The molecule has 1 aromatic heterocycles. The van der Waals surface area contributed by atoms with Gasteiger partial charge >= 0.3 is 0 Å². The van der Waals surface area contributed by atoms with Gasteiger partial charge in [0.1, 0.15) is 11.3 Å². The van der Waals surface area contributed by atoms with Gasteiger partial charge in [0, 0.05) is 16.2 Å². The minimum absolute atomic E-state index is 0.281. The number of nitrogens with one attached hydrogen (secondary N) is 2. The van der Waals surface area contributed by atoms with Crippen LogP contribution in [0.1, 0.15) is 22.4 Å². The second-order valence-corrected chi connectivity index (χ2v) is 6.38. The first-order valence-electron chi connectivity index (χ1n) is 7.23. The number of aromatic nitrogens is 1. The Hall–Kier alpha value is -2.82. The molecule has 7 heteroatoms. The molecule has 0 saturated heterocycles. The van der Waals surface area contributed by atoms with Crippen LogP contribution in [-0.4, -0.2) is 16.9 Å². The monoisotopic (exact) mass is 337 g/mol. The number of rotatable bonds is 4. The maximum atomic E-state index is 10.7. The molecule has 1 aliphatic rings. The number of nitrogens with two attached hydrogens (primary N) is 1. The molecule has 0 aliphatic carbocycles. The number of pyridine rings is 1. The van der Waals surface area contributed by atoms with Gasteiger partial charge in [-0.15, -0.1) is 0 Å². The Morgan fingerprint density at radius 3 is 2.96 bits per heavy atom. The number of anilines is 1. The highest BCUT2D eigenvalue weighted by molar-refractivity contribution is 8.09. The Bertz CT molecular complexity index is 872. The first-order chi connectivity index (χ1) is 11.6. The maximum Gasteiger partial charge on any atom is 0.212 e. The predicted molar refractivity (Wildman–Crippen MR) is 95.3 cm³/mol. The Balaban J connectivity index is 2.12. The molecule has 1 unspecified atom stereocenters. The van der Waals surface area contributed by atoms with Crippen molar-refractivity contribution in [2.75, 3.05) is 5.32 Å². The number of nitrogens with zero attached hydrogens (tertiary/aromatic N) is 2. The van der Waals surface area contributed by atoms with Crippen LogP contribution in [0.3, 0.4) is 0 Å². The molecule has 1 atom stereocenters. The molecular weight excluding hydrogens is 322 g/mol. The minimum atomic E-state index is -0.281. The average molecular weight is 337 g/mol. The maximum absolute atomic E-state index is 10.7. The molecule has 3 rings (SSSR count). The summed E-state index contributed by atoms with van der Waals surface area (Å²) in [7, 11) is 0. The number of hydrogen-bond donors (Lipinski definition) is 3. The summed E-state index contributed by atoms with van der Waals surface area (Å²) in [5, 5.41) is 14.9. The zero-order valence-corrected chi connectivity index (χ0v) is 13.7. The molecule has 0 saturated carbocycles. The Morgan fingerprint density at radius 1 is 1.38 bits per heavy atom. The van der Waals surface area contributed by atoms with Crippen molar-refractivity contribution < 1.29 is 4.79 Å². The van der Waals surface area contributed by atoms with Gasteiger partial charge in [-0.05, 0) is 36.8 Å². The van der Waals surface area contributed by atoms with Crippen LogP contribution < -0.4 is 16.4 Å². The molecule has 1 aliphatic heterocycles. The molecule has 1 amide bonds. The van der Waals surface area contributed by atoms with Crippen LogP contribution in [0.15, 0.2) is 36.4 Å². The number of benzene rings is 1. The fourth-order valence-corrected chi connectivity index (χ4v) is 3.51. The van der Waals surface area contributed by atoms with E-state index in [-0.39, 0.29) is 5.50 Å². The quantitative estimate of drug-likeness (QED) is 0.739. The SMILES string of the molecule is Cc1cc(C2=C(c3cccc(C#N)c3)NC(N)S2)cc(NC=O)n1. The van der Waals surface area contributed by atoms with Gasteiger partial charge in [0.2, 0.25) is 6.41 Å². The number of amides is 1. The topological polar surface area (TPSA) is 104 Å². The zero-order chi connectivity index (χ0) is 17.1. The van der Waals surface area contributed by atoms with Crippen molar-refractivity contribution in [2.24, 2.45) is 5.73 Å². The minimum Gasteiger partial charge on any atom is -0.360 e. The molecule has 0 fully saturated rings. The van der Waals surface area contributed by atoms with Gasteiger partial charge in [0.15, 0.2) is 0 Å². The first kappa shape index (κ1) is 16.1. The van der Waals surface area contributed by atoms with Crippen LogP contribution in [0.5, 0.6) is 0 Å². The summed E-state index contributed by atoms with van der Waals surface area (Å²) in [6.07, 6.45) is 0.600. The van der Waals surface area contributed by atoms with Gasteiger partial charge in [-0.25, -0.2) is 4.98 Å². The van der Waals surface area contributed by atoms with Gasteiger partial charge in [-0.2, -0.15) is 5.26 Å². The van der Waals surface area contributed by atoms with E-state index in [1.165, 1.54) is 11.8 Å². The third-order valence-corrected chi connectivity index (χ3v) is 4.51. The van der Waals surface area contributed by atoms with Crippen molar-refractivity contribution in [3.05, 3.63) is 58.8 Å². The van der Waals surface area contributed by atoms with Gasteiger partial charge < -0.3 is 16.4 Å². The summed E-state index contributed by atoms with van der Waals surface area (Å²) in [5.41, 5.74) is 9.82. The molecule has 6 nitrogen and oxygen atoms in total. The van der Waals surface area contributed by atoms with E-state index in [1.807, 2.05) is 31.2 Å². The number of aryl methyl sites for hydroxylation is 1. The molecule has 120 valence electrons. The highest BCUT2D eigenvalue weighted by atomic mass is 32.2. The largest absolute Gasteiger partial charge is 0.360 e. The Labute approximate surface area is 143 Å². The van der Waals surface area contributed by atoms with E-state index in [2.05, 4.69) is 21.7 Å². The Kier molecular flexibility index (Phi) is 4.51. The second kappa shape index (κ2) is 6.74. The van der Waals surface area contributed by atoms with E-state index in [0.29, 0.717) is 17.8 Å². The lowest BCUT2D eigenvalue weighted by Gasteiger charge is -2.10. The average Bonchev–Trinajstić information content (AvgIpc) is 2.97. The molecule has 4 N–H and O–H groups in total. The van der Waals surface area contributed by atoms with Gasteiger partial charge in [0.05, 0.1) is 17.3 Å². The third-order valence-electron chi connectivity index (χ3n) is 3.46. The summed E-state index contributed by atoms with van der Waals surface area (Å²) in [6.45, 7) is 1.86. The van der Waals surface area contributed by atoms with Gasteiger partial charge in [-0.3, -0.25) is 4.79 Å². The normalized spacial score (nSPS) is 16.5. The molecule has 2 aromatic rings. The summed E-state index contributed by atoms with van der Waals surface area (Å²) >= 11 is 1.49. The van der Waals surface area contributed by atoms with Crippen LogP contribution >= 0.6 is 11.8 Å². The van der Waals surface area contributed by atoms with E-state index >= 15 is 0 Å². The van der Waals surface area contributed by atoms with Crippen molar-refractivity contribution in [1.82, 2.24) is 10.3 Å². The Morgan fingerprint density at radius 2 is 2.21 bits per heavy atom. The highest BCUT2D eigenvalue weighted by Gasteiger charge is 2.24. The molecule has 24 heavy (non-hydrogen) atoms. The van der Waals surface area contributed by atoms with Gasteiger partial charge in [0.25, 0.3) is 0 Å². The number of hydrogen-bond acceptors (Lipinski definition) is 6. The van der Waals surface area contributed by atoms with Crippen LogP contribution in [0.25, 0.3) is 10.6 Å². The van der Waals surface area contributed by atoms with E-state index in [9.17, 15) is 4.79 Å². The van der Waals surface area contributed by atoms with Crippen LogP contribution in [0.4, 0.5) is 5.82 Å². The summed E-state index contributed by atoms with van der Waals surface area (Å²) < 4.78 is 0. The van der Waals surface area contributed by atoms with Crippen molar-refractivity contribution in [3.8, 4) is 6.07 Å². The lowest BCUT2D eigenvalue weighted by Crippen LogP contribution is -2.28. The predicted octanol–water partition coefficient (Wildman–Crippen LogP) is 2.23. The number of thioether (sulfide) groups is 1. The summed E-state index contributed by atoms with van der Waals surface area (Å²) in [4.78, 5) is 15.9. The van der Waals surface area contributed by atoms with Crippen molar-refractivity contribution in [1.29, 1.82) is 5.26 Å². The standard InChI is InChI=1S/C17H15N5OS/c1-10-5-13(7-14(21-10)20-9-23)16-15(22-17(19)24-16)12-4-2-3-11(6-12)8-18/h2-7,9,17,22H,19H2,1H3,(H,20,21,23). The molecule has 2 heterocycles. The number of carbonyl (C=O) groups excluding carboxylic acids is 1. The van der Waals surface area contributed by atoms with Crippen LogP contribution in [0.2, 0.25) is 0 Å². The van der Waals surface area contributed by atoms with Crippen LogP contribution in [0, 0.1) is 18.3 Å². The zero-order valence-electron chi connectivity index (χ0n) is 12.9. The van der Waals surface area contributed by atoms with E-state index in [0.717, 1.165) is 27.4 Å². The summed E-state index contributed by atoms with van der Waals surface area (Å²) in [6, 6.07) is 13.2. The molecule has 0 radical (unpaired) electrons. The van der Waals surface area contributed by atoms with Gasteiger partial charge in [-0.1, -0.05) is 23.9 Å². The van der Waals surface area contributed by atoms with E-state index in [4.69, 9.17) is 11.0 Å².